The van der Waals surface area contributed by atoms with E-state index in [2.05, 4.69) is 55.1 Å². The van der Waals surface area contributed by atoms with E-state index in [0.717, 1.165) is 11.3 Å². The quantitative estimate of drug-likeness (QED) is 0.298. The molecule has 3 fully saturated rings. The Balaban J connectivity index is 1.38. The van der Waals surface area contributed by atoms with Crippen LogP contribution in [0.5, 0.6) is 5.75 Å². The molecule has 2 saturated heterocycles. The lowest BCUT2D eigenvalue weighted by atomic mass is 9.73. The fraction of sp³-hybridized carbons (Fsp3) is 0.310. The van der Waals surface area contributed by atoms with Crippen molar-refractivity contribution in [2.75, 3.05) is 0 Å². The molecule has 2 nitrogen and oxygen atoms in total. The molecule has 3 aromatic rings. The molecular weight excluding hydrogens is 431 g/mol. The monoisotopic (exact) mass is 459 g/mol. The van der Waals surface area contributed by atoms with Gasteiger partial charge in [-0.25, -0.2) is 4.39 Å². The predicted molar refractivity (Wildman–Crippen MR) is 129 cm³/mol. The summed E-state index contributed by atoms with van der Waals surface area (Å²) in [6.07, 6.45) is 6.45. The van der Waals surface area contributed by atoms with E-state index in [0.29, 0.717) is 17.6 Å². The molecule has 0 N–H and O–H groups in total. The van der Waals surface area contributed by atoms with Crippen LogP contribution in [0.25, 0.3) is 0 Å². The lowest BCUT2D eigenvalue weighted by molar-refractivity contribution is -0.00123. The van der Waals surface area contributed by atoms with Crippen LogP contribution in [0.4, 0.5) is 4.39 Å². The summed E-state index contributed by atoms with van der Waals surface area (Å²) in [5.74, 6) is 1.08. The van der Waals surface area contributed by atoms with Crippen LogP contribution >= 0.6 is 0 Å². The van der Waals surface area contributed by atoms with Gasteiger partial charge in [-0.1, -0.05) is 49.4 Å². The maximum absolute atomic E-state index is 15.1. The summed E-state index contributed by atoms with van der Waals surface area (Å²) >= 11 is 0. The van der Waals surface area contributed by atoms with E-state index in [-0.39, 0.29) is 28.9 Å². The Bertz CT molecular complexity index is 1110. The van der Waals surface area contributed by atoms with E-state index < -0.39 is 5.60 Å². The Morgan fingerprint density at radius 3 is 2.24 bits per heavy atom. The third-order valence-electron chi connectivity index (χ3n) is 7.56. The van der Waals surface area contributed by atoms with Gasteiger partial charge in [0.25, 0.3) is 0 Å². The first-order chi connectivity index (χ1) is 16.2. The average Bonchev–Trinajstić information content (AvgIpc) is 3.56. The van der Waals surface area contributed by atoms with Gasteiger partial charge in [0.15, 0.2) is 31.9 Å². The Morgan fingerprint density at radius 1 is 0.909 bits per heavy atom. The Kier molecular flexibility index (Phi) is 5.31. The average molecular weight is 460 g/mol. The zero-order valence-electron chi connectivity index (χ0n) is 18.5. The number of hydrogen-bond acceptors (Lipinski definition) is 2. The Labute approximate surface area is 197 Å². The van der Waals surface area contributed by atoms with Crippen LogP contribution in [0, 0.1) is 17.7 Å². The Hall–Kier alpha value is -2.56. The summed E-state index contributed by atoms with van der Waals surface area (Å²) in [6.45, 7) is 4.10. The van der Waals surface area contributed by atoms with Crippen molar-refractivity contribution in [2.24, 2.45) is 11.8 Å². The van der Waals surface area contributed by atoms with E-state index in [1.165, 1.54) is 29.1 Å². The van der Waals surface area contributed by atoms with Crippen molar-refractivity contribution in [3.05, 3.63) is 97.3 Å². The molecule has 2 aliphatic heterocycles. The van der Waals surface area contributed by atoms with Crippen molar-refractivity contribution in [2.45, 2.75) is 58.2 Å². The zero-order valence-corrected chi connectivity index (χ0v) is 19.3. The van der Waals surface area contributed by atoms with Gasteiger partial charge in [0, 0.05) is 12.5 Å². The molecule has 5 atom stereocenters. The van der Waals surface area contributed by atoms with Gasteiger partial charge in [-0.3, -0.25) is 0 Å². The number of halogens is 1. The minimum absolute atomic E-state index is 0.0305. The zero-order chi connectivity index (χ0) is 22.4. The molecule has 168 valence electrons. The van der Waals surface area contributed by atoms with Crippen LogP contribution in [0.15, 0.2) is 106 Å². The molecule has 2 heterocycles. The second kappa shape index (κ2) is 8.34. The van der Waals surface area contributed by atoms with Gasteiger partial charge in [0.05, 0.1) is 17.0 Å². The molecular formula is C29H28FO2S+. The molecule has 4 heteroatoms. The highest BCUT2D eigenvalue weighted by Gasteiger charge is 2.63. The molecule has 33 heavy (non-hydrogen) atoms. The van der Waals surface area contributed by atoms with Gasteiger partial charge in [-0.2, -0.15) is 0 Å². The van der Waals surface area contributed by atoms with Gasteiger partial charge in [-0.05, 0) is 67.2 Å². The molecule has 0 radical (unpaired) electrons. The van der Waals surface area contributed by atoms with Gasteiger partial charge in [0.1, 0.15) is 6.10 Å². The number of fused-ring (bicyclic) bond motifs is 5. The number of ether oxygens (including phenoxy) is 2. The molecule has 2 bridgehead atoms. The molecule has 0 amide bonds. The molecule has 1 aliphatic carbocycles. The molecule has 6 rings (SSSR count). The van der Waals surface area contributed by atoms with Crippen LogP contribution in [0.3, 0.4) is 0 Å². The highest BCUT2D eigenvalue weighted by atomic mass is 32.2. The lowest BCUT2D eigenvalue weighted by Gasteiger charge is -2.38. The first-order valence-corrected chi connectivity index (χ1v) is 13.0. The highest BCUT2D eigenvalue weighted by Crippen LogP contribution is 2.57. The lowest BCUT2D eigenvalue weighted by Crippen LogP contribution is -2.49. The molecule has 1 saturated carbocycles. The van der Waals surface area contributed by atoms with Gasteiger partial charge >= 0.3 is 0 Å². The Morgan fingerprint density at radius 2 is 1.58 bits per heavy atom. The van der Waals surface area contributed by atoms with Crippen LogP contribution in [-0.4, -0.2) is 17.8 Å². The van der Waals surface area contributed by atoms with E-state index in [1.54, 1.807) is 6.07 Å². The van der Waals surface area contributed by atoms with Gasteiger partial charge in [0.2, 0.25) is 0 Å². The molecule has 0 spiro atoms. The van der Waals surface area contributed by atoms with Crippen molar-refractivity contribution in [3.8, 4) is 5.75 Å². The van der Waals surface area contributed by atoms with Crippen molar-refractivity contribution in [1.82, 2.24) is 0 Å². The normalized spacial score (nSPS) is 29.9. The smallest absolute Gasteiger partial charge is 0.170 e. The minimum atomic E-state index is -0.659. The summed E-state index contributed by atoms with van der Waals surface area (Å²) in [5.41, 5.74) is -0.659. The highest BCUT2D eigenvalue weighted by molar-refractivity contribution is 7.97. The maximum Gasteiger partial charge on any atom is 0.170 e. The third-order valence-corrected chi connectivity index (χ3v) is 9.77. The first-order valence-electron chi connectivity index (χ1n) is 11.8. The van der Waals surface area contributed by atoms with E-state index in [9.17, 15) is 0 Å². The standard InChI is InChI=1S/C29H28FO2S/c1-2-29(19-27-23-14-9-15-24(23)28(29)31-27)32-26-18-22(16-17-25(26)30)33(20-10-5-3-6-11-20)21-12-7-4-8-13-21/h2-8,10-13,16-18,23-24,27-28H,1,9,14-15,19H2/q+1. The number of benzene rings is 3. The van der Waals surface area contributed by atoms with Crippen LogP contribution in [-0.2, 0) is 15.6 Å². The second-order valence-electron chi connectivity index (χ2n) is 9.34. The van der Waals surface area contributed by atoms with Crippen LogP contribution < -0.4 is 4.74 Å². The summed E-state index contributed by atoms with van der Waals surface area (Å²) in [7, 11) is -0.362. The fourth-order valence-corrected chi connectivity index (χ4v) is 8.21. The van der Waals surface area contributed by atoms with Crippen LogP contribution in [0.1, 0.15) is 25.7 Å². The molecule has 3 aromatic carbocycles. The fourth-order valence-electron chi connectivity index (χ4n) is 6.11. The predicted octanol–water partition coefficient (Wildman–Crippen LogP) is 6.81. The number of hydrogen-bond donors (Lipinski definition) is 0. The second-order valence-corrected chi connectivity index (χ2v) is 11.4. The summed E-state index contributed by atoms with van der Waals surface area (Å²) in [6, 6.07) is 26.1. The van der Waals surface area contributed by atoms with E-state index >= 15 is 4.39 Å². The summed E-state index contributed by atoms with van der Waals surface area (Å²) in [4.78, 5) is 3.42. The molecule has 0 aromatic heterocycles. The number of rotatable bonds is 6. The SMILES string of the molecule is C=CC1(Oc2cc([S+](c3ccccc3)c3ccccc3)ccc2F)CC2OC1C1CCCC21. The summed E-state index contributed by atoms with van der Waals surface area (Å²) in [5, 5.41) is 0. The van der Waals surface area contributed by atoms with E-state index in [1.807, 2.05) is 30.3 Å². The molecule has 5 unspecified atom stereocenters. The maximum atomic E-state index is 15.1. The minimum Gasteiger partial charge on any atom is -0.477 e. The van der Waals surface area contributed by atoms with Crippen molar-refractivity contribution < 1.29 is 13.9 Å². The first kappa shape index (κ1) is 21.0. The third kappa shape index (κ3) is 3.51. The van der Waals surface area contributed by atoms with Crippen molar-refractivity contribution in [1.29, 1.82) is 0 Å². The van der Waals surface area contributed by atoms with Gasteiger partial charge < -0.3 is 9.47 Å². The van der Waals surface area contributed by atoms with Crippen molar-refractivity contribution >= 4 is 10.9 Å². The van der Waals surface area contributed by atoms with Crippen molar-refractivity contribution in [3.63, 3.8) is 0 Å². The largest absolute Gasteiger partial charge is 0.477 e. The summed E-state index contributed by atoms with van der Waals surface area (Å²) < 4.78 is 28.0. The van der Waals surface area contributed by atoms with Crippen LogP contribution in [0.2, 0.25) is 0 Å². The topological polar surface area (TPSA) is 18.5 Å². The van der Waals surface area contributed by atoms with Gasteiger partial charge in [-0.15, -0.1) is 0 Å². The molecule has 3 aliphatic rings. The van der Waals surface area contributed by atoms with E-state index in [4.69, 9.17) is 9.47 Å².